The van der Waals surface area contributed by atoms with Gasteiger partial charge < -0.3 is 14.2 Å². The number of aromatic nitrogens is 3. The van der Waals surface area contributed by atoms with Crippen molar-refractivity contribution in [3.8, 4) is 22.6 Å². The molecule has 0 saturated carbocycles. The van der Waals surface area contributed by atoms with Crippen molar-refractivity contribution < 1.29 is 22.4 Å². The second kappa shape index (κ2) is 6.99. The first-order chi connectivity index (χ1) is 13.0. The second-order valence-corrected chi connectivity index (χ2v) is 5.98. The Labute approximate surface area is 152 Å². The zero-order valence-electron chi connectivity index (χ0n) is 14.1. The molecule has 1 aromatic carbocycles. The first-order valence-electron chi connectivity index (χ1n) is 8.32. The first-order valence-corrected chi connectivity index (χ1v) is 8.32. The molecule has 0 spiro atoms. The molecule has 0 amide bonds. The SMILES string of the molecule is FC(F)(F)c1nc(-c2ccc(-c3cccc(N4CCOCC4)n3)cc2)no1. The summed E-state index contributed by atoms with van der Waals surface area (Å²) in [5.74, 6) is -0.599. The Balaban J connectivity index is 1.56. The van der Waals surface area contributed by atoms with Crippen LogP contribution in [0.3, 0.4) is 0 Å². The summed E-state index contributed by atoms with van der Waals surface area (Å²) in [6.07, 6.45) is -4.66. The van der Waals surface area contributed by atoms with Crippen molar-refractivity contribution in [3.05, 3.63) is 48.4 Å². The van der Waals surface area contributed by atoms with Crippen LogP contribution in [-0.4, -0.2) is 41.4 Å². The maximum atomic E-state index is 12.6. The van der Waals surface area contributed by atoms with Gasteiger partial charge in [0.2, 0.25) is 5.82 Å². The molecular weight excluding hydrogens is 361 g/mol. The summed E-state index contributed by atoms with van der Waals surface area (Å²) in [4.78, 5) is 10.2. The summed E-state index contributed by atoms with van der Waals surface area (Å²) in [5, 5.41) is 3.39. The average molecular weight is 376 g/mol. The lowest BCUT2D eigenvalue weighted by Crippen LogP contribution is -2.36. The number of morpholine rings is 1. The lowest BCUT2D eigenvalue weighted by atomic mass is 10.1. The maximum absolute atomic E-state index is 12.6. The number of hydrogen-bond donors (Lipinski definition) is 0. The number of halogens is 3. The van der Waals surface area contributed by atoms with E-state index >= 15 is 0 Å². The summed E-state index contributed by atoms with van der Waals surface area (Å²) in [7, 11) is 0. The molecule has 27 heavy (non-hydrogen) atoms. The molecule has 140 valence electrons. The van der Waals surface area contributed by atoms with Crippen LogP contribution >= 0.6 is 0 Å². The fourth-order valence-corrected chi connectivity index (χ4v) is 2.80. The third-order valence-corrected chi connectivity index (χ3v) is 4.18. The van der Waals surface area contributed by atoms with E-state index in [9.17, 15) is 13.2 Å². The van der Waals surface area contributed by atoms with Crippen molar-refractivity contribution in [2.75, 3.05) is 31.2 Å². The number of rotatable bonds is 3. The first kappa shape index (κ1) is 17.5. The molecular formula is C18H15F3N4O2. The largest absolute Gasteiger partial charge is 0.471 e. The van der Waals surface area contributed by atoms with Gasteiger partial charge in [0.05, 0.1) is 18.9 Å². The molecule has 1 fully saturated rings. The third kappa shape index (κ3) is 3.77. The highest BCUT2D eigenvalue weighted by Gasteiger charge is 2.38. The minimum atomic E-state index is -4.66. The Morgan fingerprint density at radius 3 is 2.26 bits per heavy atom. The smallest absolute Gasteiger partial charge is 0.378 e. The molecule has 0 atom stereocenters. The number of pyridine rings is 1. The molecule has 2 aromatic heterocycles. The minimum Gasteiger partial charge on any atom is -0.378 e. The molecule has 0 radical (unpaired) electrons. The molecule has 3 aromatic rings. The zero-order valence-corrected chi connectivity index (χ0v) is 14.1. The van der Waals surface area contributed by atoms with E-state index in [2.05, 4.69) is 24.5 Å². The van der Waals surface area contributed by atoms with Crippen molar-refractivity contribution in [3.63, 3.8) is 0 Å². The third-order valence-electron chi connectivity index (χ3n) is 4.18. The number of alkyl halides is 3. The molecule has 1 aliphatic heterocycles. The monoisotopic (exact) mass is 376 g/mol. The molecule has 0 unspecified atom stereocenters. The van der Waals surface area contributed by atoms with Gasteiger partial charge in [-0.25, -0.2) is 4.98 Å². The number of ether oxygens (including phenoxy) is 1. The van der Waals surface area contributed by atoms with Crippen molar-refractivity contribution in [2.45, 2.75) is 6.18 Å². The predicted molar refractivity (Wildman–Crippen MR) is 91.0 cm³/mol. The van der Waals surface area contributed by atoms with Crippen LogP contribution in [0.2, 0.25) is 0 Å². The van der Waals surface area contributed by atoms with Gasteiger partial charge in [-0.05, 0) is 12.1 Å². The molecule has 0 aliphatic carbocycles. The lowest BCUT2D eigenvalue weighted by Gasteiger charge is -2.28. The molecule has 0 N–H and O–H groups in total. The Morgan fingerprint density at radius 1 is 0.889 bits per heavy atom. The van der Waals surface area contributed by atoms with E-state index in [1.165, 1.54) is 0 Å². The van der Waals surface area contributed by atoms with Crippen LogP contribution in [0.5, 0.6) is 0 Å². The van der Waals surface area contributed by atoms with Gasteiger partial charge >= 0.3 is 12.1 Å². The van der Waals surface area contributed by atoms with Gasteiger partial charge in [-0.2, -0.15) is 18.2 Å². The van der Waals surface area contributed by atoms with Crippen LogP contribution in [0.4, 0.5) is 19.0 Å². The highest BCUT2D eigenvalue weighted by atomic mass is 19.4. The summed E-state index contributed by atoms with van der Waals surface area (Å²) in [5.41, 5.74) is 2.05. The second-order valence-electron chi connectivity index (χ2n) is 5.98. The maximum Gasteiger partial charge on any atom is 0.471 e. The van der Waals surface area contributed by atoms with Gasteiger partial charge in [-0.15, -0.1) is 0 Å². The fourth-order valence-electron chi connectivity index (χ4n) is 2.80. The van der Waals surface area contributed by atoms with Gasteiger partial charge in [0, 0.05) is 24.2 Å². The topological polar surface area (TPSA) is 64.3 Å². The number of nitrogens with zero attached hydrogens (tertiary/aromatic N) is 4. The molecule has 9 heteroatoms. The summed E-state index contributed by atoms with van der Waals surface area (Å²) >= 11 is 0. The van der Waals surface area contributed by atoms with Gasteiger partial charge in [-0.1, -0.05) is 35.5 Å². The quantitative estimate of drug-likeness (QED) is 0.695. The van der Waals surface area contributed by atoms with E-state index < -0.39 is 12.1 Å². The van der Waals surface area contributed by atoms with Gasteiger partial charge in [0.1, 0.15) is 5.82 Å². The van der Waals surface area contributed by atoms with Crippen LogP contribution < -0.4 is 4.90 Å². The Morgan fingerprint density at radius 2 is 1.59 bits per heavy atom. The number of anilines is 1. The standard InChI is InChI=1S/C18H15F3N4O2/c19-18(20,21)17-23-16(24-27-17)13-6-4-12(5-7-13)14-2-1-3-15(22-14)25-8-10-26-11-9-25/h1-7H,8-11H2. The number of benzene rings is 1. The molecule has 3 heterocycles. The van der Waals surface area contributed by atoms with Crippen molar-refractivity contribution >= 4 is 5.82 Å². The molecule has 1 saturated heterocycles. The van der Waals surface area contributed by atoms with E-state index in [-0.39, 0.29) is 5.82 Å². The van der Waals surface area contributed by atoms with Crippen molar-refractivity contribution in [1.82, 2.24) is 15.1 Å². The molecule has 6 nitrogen and oxygen atoms in total. The van der Waals surface area contributed by atoms with Crippen LogP contribution in [-0.2, 0) is 10.9 Å². The van der Waals surface area contributed by atoms with E-state index in [1.807, 2.05) is 18.2 Å². The van der Waals surface area contributed by atoms with Gasteiger partial charge in [0.15, 0.2) is 0 Å². The average Bonchev–Trinajstić information content (AvgIpc) is 3.20. The van der Waals surface area contributed by atoms with Gasteiger partial charge in [-0.3, -0.25) is 0 Å². The van der Waals surface area contributed by atoms with Crippen molar-refractivity contribution in [2.24, 2.45) is 0 Å². The molecule has 1 aliphatic rings. The molecule has 4 rings (SSSR count). The zero-order chi connectivity index (χ0) is 18.9. The van der Waals surface area contributed by atoms with E-state index in [0.717, 1.165) is 30.2 Å². The summed E-state index contributed by atoms with van der Waals surface area (Å²) in [6, 6.07) is 12.6. The highest BCUT2D eigenvalue weighted by Crippen LogP contribution is 2.30. The van der Waals surface area contributed by atoms with Crippen LogP contribution in [0.1, 0.15) is 5.89 Å². The Bertz CT molecular complexity index is 919. The highest BCUT2D eigenvalue weighted by molar-refractivity contribution is 5.66. The van der Waals surface area contributed by atoms with Crippen LogP contribution in [0.15, 0.2) is 47.0 Å². The van der Waals surface area contributed by atoms with E-state index in [0.29, 0.717) is 18.8 Å². The fraction of sp³-hybridized carbons (Fsp3) is 0.278. The van der Waals surface area contributed by atoms with Gasteiger partial charge in [0.25, 0.3) is 0 Å². The Hall–Kier alpha value is -2.94. The van der Waals surface area contributed by atoms with Crippen molar-refractivity contribution in [1.29, 1.82) is 0 Å². The number of hydrogen-bond acceptors (Lipinski definition) is 6. The minimum absolute atomic E-state index is 0.107. The normalized spacial score (nSPS) is 15.1. The van der Waals surface area contributed by atoms with Crippen LogP contribution in [0.25, 0.3) is 22.6 Å². The van der Waals surface area contributed by atoms with E-state index in [1.54, 1.807) is 24.3 Å². The summed E-state index contributed by atoms with van der Waals surface area (Å²) in [6.45, 7) is 2.92. The van der Waals surface area contributed by atoms with Crippen LogP contribution in [0, 0.1) is 0 Å². The Kier molecular flexibility index (Phi) is 4.53. The van der Waals surface area contributed by atoms with E-state index in [4.69, 9.17) is 4.74 Å². The predicted octanol–water partition coefficient (Wildman–Crippen LogP) is 3.65. The molecule has 0 bridgehead atoms. The summed E-state index contributed by atoms with van der Waals surface area (Å²) < 4.78 is 47.4. The lowest BCUT2D eigenvalue weighted by molar-refractivity contribution is -0.159.